The van der Waals surface area contributed by atoms with E-state index in [0.29, 0.717) is 39.6 Å². The van der Waals surface area contributed by atoms with E-state index >= 15 is 0 Å². The summed E-state index contributed by atoms with van der Waals surface area (Å²) in [7, 11) is -2.51. The predicted octanol–water partition coefficient (Wildman–Crippen LogP) is 4.26. The first-order valence-electron chi connectivity index (χ1n) is 11.8. The van der Waals surface area contributed by atoms with E-state index in [4.69, 9.17) is 24.4 Å². The van der Waals surface area contributed by atoms with Gasteiger partial charge in [-0.3, -0.25) is 0 Å². The molecule has 0 spiro atoms. The first kappa shape index (κ1) is 26.0. The van der Waals surface area contributed by atoms with Crippen LogP contribution in [0.5, 0.6) is 5.75 Å². The zero-order valence-electron chi connectivity index (χ0n) is 20.5. The Bertz CT molecular complexity index is 920. The number of nitrogens with two attached hydrogens (primary N) is 1. The highest BCUT2D eigenvalue weighted by atomic mass is 28.4. The van der Waals surface area contributed by atoms with Crippen LogP contribution in [0.25, 0.3) is 0 Å². The lowest BCUT2D eigenvalue weighted by molar-refractivity contribution is 0.0264. The summed E-state index contributed by atoms with van der Waals surface area (Å²) in [5.74, 6) is 0.787. The van der Waals surface area contributed by atoms with Gasteiger partial charge in [0.2, 0.25) is 0 Å². The molecule has 3 rings (SSSR count). The molecular weight excluding hydrogens is 442 g/mol. The van der Waals surface area contributed by atoms with Gasteiger partial charge in [-0.1, -0.05) is 81.4 Å². The van der Waals surface area contributed by atoms with Gasteiger partial charge in [-0.2, -0.15) is 0 Å². The summed E-state index contributed by atoms with van der Waals surface area (Å²) in [6, 6.07) is 28.6. The van der Waals surface area contributed by atoms with Crippen LogP contribution in [-0.4, -0.2) is 48.0 Å². The monoisotopic (exact) mass is 479 g/mol. The number of ether oxygens (including phenoxy) is 3. The fraction of sp³-hybridized carbons (Fsp3) is 0.357. The van der Waals surface area contributed by atoms with E-state index in [-0.39, 0.29) is 5.04 Å². The summed E-state index contributed by atoms with van der Waals surface area (Å²) >= 11 is 0. The van der Waals surface area contributed by atoms with Gasteiger partial charge in [0.15, 0.2) is 0 Å². The molecule has 0 aromatic heterocycles. The minimum atomic E-state index is -2.51. The van der Waals surface area contributed by atoms with Gasteiger partial charge in [0.1, 0.15) is 12.4 Å². The second-order valence-electron chi connectivity index (χ2n) is 9.15. The Labute approximate surface area is 204 Å². The zero-order chi connectivity index (χ0) is 24.3. The Morgan fingerprint density at radius 3 is 1.59 bits per heavy atom. The molecule has 0 fully saturated rings. The minimum absolute atomic E-state index is 0.0384. The molecule has 0 amide bonds. The second kappa shape index (κ2) is 12.7. The van der Waals surface area contributed by atoms with Crippen LogP contribution in [0.15, 0.2) is 84.9 Å². The van der Waals surface area contributed by atoms with Crippen LogP contribution in [0.3, 0.4) is 0 Å². The van der Waals surface area contributed by atoms with E-state index in [0.717, 1.165) is 11.4 Å². The topological polar surface area (TPSA) is 62.9 Å². The van der Waals surface area contributed by atoms with Crippen LogP contribution < -0.4 is 20.8 Å². The van der Waals surface area contributed by atoms with Crippen LogP contribution >= 0.6 is 0 Å². The maximum Gasteiger partial charge on any atom is 0.261 e. The van der Waals surface area contributed by atoms with Crippen LogP contribution in [0.1, 0.15) is 20.8 Å². The summed E-state index contributed by atoms with van der Waals surface area (Å²) in [6.45, 7) is 9.92. The maximum atomic E-state index is 6.81. The van der Waals surface area contributed by atoms with E-state index in [2.05, 4.69) is 81.4 Å². The number of hydrogen-bond donors (Lipinski definition) is 1. The van der Waals surface area contributed by atoms with Gasteiger partial charge in [0.25, 0.3) is 8.32 Å². The summed E-state index contributed by atoms with van der Waals surface area (Å²) in [5, 5.41) is 2.51. The largest absolute Gasteiger partial charge is 0.491 e. The zero-order valence-corrected chi connectivity index (χ0v) is 21.5. The summed E-state index contributed by atoms with van der Waals surface area (Å²) in [4.78, 5) is 0. The maximum absolute atomic E-state index is 6.81. The number of anilines is 1. The molecular formula is C28H37NO4Si. The lowest BCUT2D eigenvalue weighted by Gasteiger charge is -2.43. The molecule has 0 aliphatic rings. The van der Waals surface area contributed by atoms with Crippen molar-refractivity contribution < 1.29 is 18.6 Å². The van der Waals surface area contributed by atoms with E-state index in [9.17, 15) is 0 Å². The fourth-order valence-corrected chi connectivity index (χ4v) is 8.66. The molecule has 5 nitrogen and oxygen atoms in total. The molecule has 0 atom stereocenters. The third-order valence-electron chi connectivity index (χ3n) is 5.71. The quantitative estimate of drug-likeness (QED) is 0.226. The van der Waals surface area contributed by atoms with Gasteiger partial charge >= 0.3 is 0 Å². The van der Waals surface area contributed by atoms with Crippen LogP contribution in [-0.2, 0) is 13.9 Å². The Hall–Kier alpha value is -2.64. The van der Waals surface area contributed by atoms with Crippen molar-refractivity contribution in [2.75, 3.05) is 45.4 Å². The van der Waals surface area contributed by atoms with Crippen molar-refractivity contribution >= 4 is 24.4 Å². The molecule has 6 heteroatoms. The molecule has 0 unspecified atom stereocenters. The molecule has 0 aliphatic carbocycles. The average molecular weight is 480 g/mol. The molecule has 182 valence electrons. The summed E-state index contributed by atoms with van der Waals surface area (Å²) in [5.41, 5.74) is 6.40. The van der Waals surface area contributed by atoms with Crippen molar-refractivity contribution in [1.29, 1.82) is 0 Å². The molecule has 34 heavy (non-hydrogen) atoms. The van der Waals surface area contributed by atoms with Crippen molar-refractivity contribution in [1.82, 2.24) is 0 Å². The number of hydrogen-bond acceptors (Lipinski definition) is 5. The second-order valence-corrected chi connectivity index (χ2v) is 13.5. The van der Waals surface area contributed by atoms with Gasteiger partial charge in [0.05, 0.1) is 33.0 Å². The third-order valence-corrected chi connectivity index (χ3v) is 10.8. The Morgan fingerprint density at radius 2 is 1.09 bits per heavy atom. The van der Waals surface area contributed by atoms with Gasteiger partial charge in [-0.05, 0) is 39.7 Å². The predicted molar refractivity (Wildman–Crippen MR) is 142 cm³/mol. The molecule has 0 bridgehead atoms. The van der Waals surface area contributed by atoms with E-state index in [1.54, 1.807) is 0 Å². The average Bonchev–Trinajstić information content (AvgIpc) is 2.84. The number of rotatable bonds is 13. The molecule has 0 saturated carbocycles. The number of benzene rings is 3. The normalized spacial score (nSPS) is 12.0. The van der Waals surface area contributed by atoms with Crippen LogP contribution in [0.2, 0.25) is 5.04 Å². The first-order valence-corrected chi connectivity index (χ1v) is 13.7. The lowest BCUT2D eigenvalue weighted by Crippen LogP contribution is -2.66. The van der Waals surface area contributed by atoms with Gasteiger partial charge < -0.3 is 24.4 Å². The third kappa shape index (κ3) is 6.93. The highest BCUT2D eigenvalue weighted by molar-refractivity contribution is 6.99. The molecule has 0 radical (unpaired) electrons. The number of nitrogen functional groups attached to an aromatic ring is 1. The SMILES string of the molecule is CC(C)(C)[Si](OCCOCCOCCOc1ccc(N)cc1)(c1ccccc1)c1ccccc1. The smallest absolute Gasteiger partial charge is 0.261 e. The molecule has 0 heterocycles. The fourth-order valence-electron chi connectivity index (χ4n) is 4.12. The Morgan fingerprint density at radius 1 is 0.618 bits per heavy atom. The van der Waals surface area contributed by atoms with Crippen molar-refractivity contribution in [3.8, 4) is 5.75 Å². The van der Waals surface area contributed by atoms with E-state index in [1.165, 1.54) is 10.4 Å². The van der Waals surface area contributed by atoms with Gasteiger partial charge in [-0.25, -0.2) is 0 Å². The Balaban J connectivity index is 1.45. The highest BCUT2D eigenvalue weighted by Crippen LogP contribution is 2.36. The molecule has 0 saturated heterocycles. The first-order chi connectivity index (χ1) is 16.4. The molecule has 3 aromatic carbocycles. The highest BCUT2D eigenvalue weighted by Gasteiger charge is 2.49. The Kier molecular flexibility index (Phi) is 9.71. The molecule has 0 aliphatic heterocycles. The van der Waals surface area contributed by atoms with Crippen molar-refractivity contribution in [3.63, 3.8) is 0 Å². The minimum Gasteiger partial charge on any atom is -0.491 e. The lowest BCUT2D eigenvalue weighted by atomic mass is 10.2. The van der Waals surface area contributed by atoms with Crippen molar-refractivity contribution in [3.05, 3.63) is 84.9 Å². The van der Waals surface area contributed by atoms with Gasteiger partial charge in [-0.15, -0.1) is 0 Å². The summed E-state index contributed by atoms with van der Waals surface area (Å²) in [6.07, 6.45) is 0. The van der Waals surface area contributed by atoms with Crippen molar-refractivity contribution in [2.24, 2.45) is 0 Å². The molecule has 3 aromatic rings. The van der Waals surface area contributed by atoms with Crippen LogP contribution in [0.4, 0.5) is 5.69 Å². The van der Waals surface area contributed by atoms with Crippen LogP contribution in [0, 0.1) is 0 Å². The molecule has 2 N–H and O–H groups in total. The van der Waals surface area contributed by atoms with Crippen molar-refractivity contribution in [2.45, 2.75) is 25.8 Å². The summed E-state index contributed by atoms with van der Waals surface area (Å²) < 4.78 is 23.9. The van der Waals surface area contributed by atoms with Gasteiger partial charge in [0, 0.05) is 5.69 Å². The van der Waals surface area contributed by atoms with E-state index in [1.807, 2.05) is 24.3 Å². The van der Waals surface area contributed by atoms with E-state index < -0.39 is 8.32 Å². The standard InChI is InChI=1S/C28H37NO4Si/c1-28(2,3)34(26-10-6-4-7-11-26,27-12-8-5-9-13-27)33-23-21-31-19-18-30-20-22-32-25-16-14-24(29)15-17-25/h4-17H,18-23,29H2,1-3H3.